The molecule has 3 nitrogen and oxygen atoms in total. The number of halogens is 3. The lowest BCUT2D eigenvalue weighted by Crippen LogP contribution is -2.31. The van der Waals surface area contributed by atoms with Gasteiger partial charge in [-0.15, -0.1) is 0 Å². The van der Waals surface area contributed by atoms with Gasteiger partial charge in [-0.2, -0.15) is 13.2 Å². The van der Waals surface area contributed by atoms with Crippen LogP contribution in [0.2, 0.25) is 0 Å². The zero-order chi connectivity index (χ0) is 15.5. The van der Waals surface area contributed by atoms with Crippen LogP contribution in [0.3, 0.4) is 0 Å². The minimum Gasteiger partial charge on any atom is -0.488 e. The Bertz CT molecular complexity index is 456. The molecule has 2 atom stereocenters. The van der Waals surface area contributed by atoms with Crippen LogP contribution >= 0.6 is 0 Å². The maximum Gasteiger partial charge on any atom is 0.437 e. The quantitative estimate of drug-likeness (QED) is 0.904. The van der Waals surface area contributed by atoms with Gasteiger partial charge in [0.2, 0.25) is 0 Å². The van der Waals surface area contributed by atoms with Gasteiger partial charge in [0.1, 0.15) is 6.10 Å². The molecule has 6 heteroatoms. The number of aromatic nitrogens is 1. The molecule has 0 bridgehead atoms. The van der Waals surface area contributed by atoms with Crippen molar-refractivity contribution in [1.29, 1.82) is 0 Å². The molecule has 1 unspecified atom stereocenters. The number of hydrogen-bond acceptors (Lipinski definition) is 3. The molecule has 2 rings (SSSR count). The highest BCUT2D eigenvalue weighted by molar-refractivity contribution is 5.29. The van der Waals surface area contributed by atoms with Crippen molar-refractivity contribution in [3.63, 3.8) is 0 Å². The topological polar surface area (TPSA) is 34.1 Å². The van der Waals surface area contributed by atoms with E-state index in [1.807, 2.05) is 13.8 Å². The van der Waals surface area contributed by atoms with E-state index in [1.165, 1.54) is 12.1 Å². The first-order valence-corrected chi connectivity index (χ1v) is 7.27. The minimum atomic E-state index is -4.49. The van der Waals surface area contributed by atoms with Crippen molar-refractivity contribution in [3.8, 4) is 5.75 Å². The molecule has 0 aromatic carbocycles. The third kappa shape index (κ3) is 4.33. The molecular weight excluding hydrogens is 281 g/mol. The van der Waals surface area contributed by atoms with Gasteiger partial charge in [0.25, 0.3) is 0 Å². The lowest BCUT2D eigenvalue weighted by molar-refractivity contribution is -0.143. The molecule has 1 aliphatic rings. The van der Waals surface area contributed by atoms with E-state index < -0.39 is 11.9 Å². The maximum atomic E-state index is 13.0. The average Bonchev–Trinajstić information content (AvgIpc) is 2.90. The lowest BCUT2D eigenvalue weighted by Gasteiger charge is -2.27. The van der Waals surface area contributed by atoms with Crippen LogP contribution in [0.1, 0.15) is 32.4 Å². The number of hydrogen-bond donors (Lipinski definition) is 1. The molecule has 118 valence electrons. The van der Waals surface area contributed by atoms with Crippen molar-refractivity contribution in [1.82, 2.24) is 10.3 Å². The zero-order valence-electron chi connectivity index (χ0n) is 12.3. The van der Waals surface area contributed by atoms with Gasteiger partial charge in [-0.3, -0.25) is 0 Å². The van der Waals surface area contributed by atoms with Crippen LogP contribution in [-0.4, -0.2) is 24.2 Å². The predicted molar refractivity (Wildman–Crippen MR) is 74.1 cm³/mol. The highest BCUT2D eigenvalue weighted by Crippen LogP contribution is 2.36. The van der Waals surface area contributed by atoms with Crippen LogP contribution in [0.5, 0.6) is 5.75 Å². The molecule has 1 aromatic rings. The number of nitrogens with zero attached hydrogens (tertiary/aromatic N) is 1. The Morgan fingerprint density at radius 1 is 1.43 bits per heavy atom. The molecule has 1 aromatic heterocycles. The van der Waals surface area contributed by atoms with E-state index in [0.717, 1.165) is 32.1 Å². The van der Waals surface area contributed by atoms with Crippen molar-refractivity contribution in [3.05, 3.63) is 24.0 Å². The Morgan fingerprint density at radius 2 is 2.19 bits per heavy atom. The van der Waals surface area contributed by atoms with E-state index in [1.54, 1.807) is 0 Å². The summed E-state index contributed by atoms with van der Waals surface area (Å²) in [5.41, 5.74) is -0.940. The second-order valence-corrected chi connectivity index (χ2v) is 5.89. The number of rotatable bonds is 5. The average molecular weight is 302 g/mol. The summed E-state index contributed by atoms with van der Waals surface area (Å²) in [4.78, 5) is 3.44. The molecule has 0 radical (unpaired) electrons. The number of ether oxygens (including phenoxy) is 1. The van der Waals surface area contributed by atoms with Gasteiger partial charge < -0.3 is 10.1 Å². The Kier molecular flexibility index (Phi) is 5.08. The van der Waals surface area contributed by atoms with E-state index in [9.17, 15) is 13.2 Å². The third-order valence-electron chi connectivity index (χ3n) is 3.65. The van der Waals surface area contributed by atoms with Crippen molar-refractivity contribution in [2.75, 3.05) is 13.1 Å². The second kappa shape index (κ2) is 6.64. The van der Waals surface area contributed by atoms with Gasteiger partial charge in [0.05, 0.1) is 0 Å². The highest BCUT2D eigenvalue weighted by Gasteiger charge is 2.37. The summed E-state index contributed by atoms with van der Waals surface area (Å²) < 4.78 is 44.7. The Labute approximate surface area is 122 Å². The van der Waals surface area contributed by atoms with Crippen molar-refractivity contribution in [2.24, 2.45) is 11.8 Å². The fourth-order valence-electron chi connectivity index (χ4n) is 2.66. The molecule has 1 fully saturated rings. The Morgan fingerprint density at radius 3 is 2.76 bits per heavy atom. The first-order valence-electron chi connectivity index (χ1n) is 7.27. The van der Waals surface area contributed by atoms with E-state index in [-0.39, 0.29) is 17.8 Å². The van der Waals surface area contributed by atoms with E-state index in [2.05, 4.69) is 10.3 Å². The highest BCUT2D eigenvalue weighted by atomic mass is 19.4. The summed E-state index contributed by atoms with van der Waals surface area (Å²) in [5, 5.41) is 3.24. The molecule has 21 heavy (non-hydrogen) atoms. The van der Waals surface area contributed by atoms with Crippen LogP contribution < -0.4 is 10.1 Å². The van der Waals surface area contributed by atoms with E-state index in [0.29, 0.717) is 5.92 Å². The van der Waals surface area contributed by atoms with Gasteiger partial charge in [0.15, 0.2) is 11.4 Å². The smallest absolute Gasteiger partial charge is 0.437 e. The summed E-state index contributed by atoms with van der Waals surface area (Å²) in [6.07, 6.45) is -1.90. The molecule has 0 aliphatic carbocycles. The normalized spacial score (nSPS) is 20.8. The van der Waals surface area contributed by atoms with Crippen LogP contribution in [0, 0.1) is 11.8 Å². The molecule has 0 saturated carbocycles. The summed E-state index contributed by atoms with van der Waals surface area (Å²) in [6.45, 7) is 5.78. The molecule has 1 aliphatic heterocycles. The van der Waals surface area contributed by atoms with Gasteiger partial charge >= 0.3 is 6.18 Å². The summed E-state index contributed by atoms with van der Waals surface area (Å²) in [6, 6.07) is 2.83. The first-order chi connectivity index (χ1) is 9.88. The van der Waals surface area contributed by atoms with Crippen molar-refractivity contribution < 1.29 is 17.9 Å². The van der Waals surface area contributed by atoms with Crippen molar-refractivity contribution >= 4 is 0 Å². The lowest BCUT2D eigenvalue weighted by atomic mass is 9.93. The molecule has 1 saturated heterocycles. The zero-order valence-corrected chi connectivity index (χ0v) is 12.3. The summed E-state index contributed by atoms with van der Waals surface area (Å²) in [5.74, 6) is 0.442. The van der Waals surface area contributed by atoms with Crippen LogP contribution in [0.25, 0.3) is 0 Å². The SMILES string of the molecule is CC(C)CC(Oc1cccnc1C(F)(F)F)[C@H]1CCNC1. The minimum absolute atomic E-state index is 0.164. The Hall–Kier alpha value is -1.30. The standard InChI is InChI=1S/C15H21F3N2O/c1-10(2)8-13(11-5-7-19-9-11)21-12-4-3-6-20-14(12)15(16,17)18/h3-4,6,10-11,13,19H,5,7-9H2,1-2H3/t11-,13?/m0/s1. The summed E-state index contributed by atoms with van der Waals surface area (Å²) in [7, 11) is 0. The van der Waals surface area contributed by atoms with Gasteiger partial charge in [-0.1, -0.05) is 13.8 Å². The van der Waals surface area contributed by atoms with Gasteiger partial charge in [-0.25, -0.2) is 4.98 Å². The number of alkyl halides is 3. The monoisotopic (exact) mass is 302 g/mol. The fraction of sp³-hybridized carbons (Fsp3) is 0.667. The maximum absolute atomic E-state index is 13.0. The van der Waals surface area contributed by atoms with Gasteiger partial charge in [-0.05, 0) is 37.4 Å². The molecular formula is C15H21F3N2O. The van der Waals surface area contributed by atoms with Crippen LogP contribution in [0.15, 0.2) is 18.3 Å². The van der Waals surface area contributed by atoms with Crippen LogP contribution in [-0.2, 0) is 6.18 Å². The molecule has 1 N–H and O–H groups in total. The molecule has 2 heterocycles. The van der Waals surface area contributed by atoms with Gasteiger partial charge in [0, 0.05) is 18.7 Å². The van der Waals surface area contributed by atoms with E-state index >= 15 is 0 Å². The first kappa shape index (κ1) is 16.1. The molecule has 0 amide bonds. The largest absolute Gasteiger partial charge is 0.488 e. The Balaban J connectivity index is 2.20. The predicted octanol–water partition coefficient (Wildman–Crippen LogP) is 3.50. The molecule has 0 spiro atoms. The number of pyridine rings is 1. The van der Waals surface area contributed by atoms with Crippen molar-refractivity contribution in [2.45, 2.75) is 39.0 Å². The fourth-order valence-corrected chi connectivity index (χ4v) is 2.66. The van der Waals surface area contributed by atoms with Crippen LogP contribution in [0.4, 0.5) is 13.2 Å². The van der Waals surface area contributed by atoms with E-state index in [4.69, 9.17) is 4.74 Å². The summed E-state index contributed by atoms with van der Waals surface area (Å²) >= 11 is 0. The second-order valence-electron chi connectivity index (χ2n) is 5.89. The number of nitrogens with one attached hydrogen (secondary N) is 1. The third-order valence-corrected chi connectivity index (χ3v) is 3.65.